The van der Waals surface area contributed by atoms with E-state index in [1.807, 2.05) is 0 Å². The maximum atomic E-state index is 12.7. The van der Waals surface area contributed by atoms with Crippen LogP contribution in [0.15, 0.2) is 18.5 Å². The highest BCUT2D eigenvalue weighted by atomic mass is 19.3. The molecule has 0 aromatic carbocycles. The van der Waals surface area contributed by atoms with Crippen molar-refractivity contribution in [3.63, 3.8) is 0 Å². The van der Waals surface area contributed by atoms with Crippen LogP contribution in [0.25, 0.3) is 0 Å². The molecule has 0 radical (unpaired) electrons. The van der Waals surface area contributed by atoms with Crippen molar-refractivity contribution in [2.45, 2.75) is 57.7 Å². The molecule has 6 heteroatoms. The first kappa shape index (κ1) is 15.7. The molecule has 1 fully saturated rings. The lowest BCUT2D eigenvalue weighted by Gasteiger charge is -2.34. The van der Waals surface area contributed by atoms with Crippen molar-refractivity contribution < 1.29 is 23.0 Å². The van der Waals surface area contributed by atoms with Gasteiger partial charge in [0.1, 0.15) is 17.5 Å². The summed E-state index contributed by atoms with van der Waals surface area (Å²) in [5.41, 5.74) is 0.0868. The Morgan fingerprint density at radius 2 is 2.05 bits per heavy atom. The van der Waals surface area contributed by atoms with E-state index in [1.54, 1.807) is 26.8 Å². The zero-order valence-electron chi connectivity index (χ0n) is 12.4. The number of nitrogens with zero attached hydrogens (tertiary/aromatic N) is 1. The Hall–Kier alpha value is -1.72. The Balaban J connectivity index is 1.91. The van der Waals surface area contributed by atoms with Gasteiger partial charge in [0.05, 0.1) is 12.6 Å². The number of alkyl halides is 2. The second kappa shape index (κ2) is 5.58. The van der Waals surface area contributed by atoms with Gasteiger partial charge in [0.2, 0.25) is 0 Å². The average Bonchev–Trinajstić information content (AvgIpc) is 2.23. The second-order valence-corrected chi connectivity index (χ2v) is 6.30. The van der Waals surface area contributed by atoms with Crippen LogP contribution in [-0.4, -0.2) is 28.6 Å². The van der Waals surface area contributed by atoms with Crippen LogP contribution in [0.3, 0.4) is 0 Å². The number of ether oxygens (including phenoxy) is 2. The molecule has 2 rings (SSSR count). The van der Waals surface area contributed by atoms with Crippen molar-refractivity contribution in [1.29, 1.82) is 0 Å². The molecule has 0 amide bonds. The summed E-state index contributed by atoms with van der Waals surface area (Å²) in [5.74, 6) is -2.58. The van der Waals surface area contributed by atoms with Crippen LogP contribution in [0.5, 0.6) is 5.75 Å². The molecule has 1 heterocycles. The van der Waals surface area contributed by atoms with Gasteiger partial charge >= 0.3 is 5.97 Å². The second-order valence-electron chi connectivity index (χ2n) is 6.30. The maximum Gasteiger partial charge on any atom is 0.310 e. The van der Waals surface area contributed by atoms with Crippen LogP contribution in [0, 0.1) is 0 Å². The van der Waals surface area contributed by atoms with Gasteiger partial charge in [-0.2, -0.15) is 0 Å². The largest absolute Gasteiger partial charge is 0.488 e. The molecule has 0 unspecified atom stereocenters. The summed E-state index contributed by atoms with van der Waals surface area (Å²) in [6.45, 7) is 5.37. The monoisotopic (exact) mass is 299 g/mol. The van der Waals surface area contributed by atoms with Crippen molar-refractivity contribution in [1.82, 2.24) is 4.98 Å². The quantitative estimate of drug-likeness (QED) is 0.801. The number of hydrogen-bond acceptors (Lipinski definition) is 4. The molecule has 21 heavy (non-hydrogen) atoms. The Morgan fingerprint density at radius 3 is 2.62 bits per heavy atom. The van der Waals surface area contributed by atoms with E-state index in [2.05, 4.69) is 4.98 Å². The van der Waals surface area contributed by atoms with Gasteiger partial charge in [-0.1, -0.05) is 0 Å². The molecule has 0 atom stereocenters. The smallest absolute Gasteiger partial charge is 0.310 e. The summed E-state index contributed by atoms with van der Waals surface area (Å²) >= 11 is 0. The standard InChI is InChI=1S/C15H19F2NO3/c1-14(2,3)21-13(19)5-10-4-11(9-18-8-10)20-12-6-15(16,17)7-12/h4,8-9,12H,5-7H2,1-3H3. The summed E-state index contributed by atoms with van der Waals surface area (Å²) in [4.78, 5) is 15.7. The van der Waals surface area contributed by atoms with Crippen LogP contribution in [-0.2, 0) is 16.0 Å². The van der Waals surface area contributed by atoms with Crippen LogP contribution >= 0.6 is 0 Å². The number of halogens is 2. The maximum absolute atomic E-state index is 12.7. The summed E-state index contributed by atoms with van der Waals surface area (Å²) < 4.78 is 36.1. The summed E-state index contributed by atoms with van der Waals surface area (Å²) in [7, 11) is 0. The van der Waals surface area contributed by atoms with Crippen molar-refractivity contribution in [2.75, 3.05) is 0 Å². The van der Waals surface area contributed by atoms with Gasteiger partial charge in [-0.05, 0) is 32.4 Å². The van der Waals surface area contributed by atoms with E-state index in [0.717, 1.165) is 0 Å². The van der Waals surface area contributed by atoms with Gasteiger partial charge in [0, 0.05) is 19.0 Å². The number of pyridine rings is 1. The summed E-state index contributed by atoms with van der Waals surface area (Å²) in [6.07, 6.45) is 2.02. The SMILES string of the molecule is CC(C)(C)OC(=O)Cc1cncc(OC2CC(F)(F)C2)c1. The first-order valence-electron chi connectivity index (χ1n) is 6.83. The molecule has 1 aliphatic rings. The van der Waals surface area contributed by atoms with Crippen LogP contribution in [0.2, 0.25) is 0 Å². The highest BCUT2D eigenvalue weighted by Gasteiger charge is 2.47. The minimum Gasteiger partial charge on any atom is -0.488 e. The molecule has 1 saturated carbocycles. The molecule has 0 bridgehead atoms. The zero-order valence-corrected chi connectivity index (χ0v) is 12.4. The Labute approximate surface area is 122 Å². The normalized spacial score (nSPS) is 18.0. The van der Waals surface area contributed by atoms with E-state index in [9.17, 15) is 13.6 Å². The molecule has 1 aromatic heterocycles. The van der Waals surface area contributed by atoms with Gasteiger partial charge in [-0.15, -0.1) is 0 Å². The molecule has 0 spiro atoms. The van der Waals surface area contributed by atoms with Crippen molar-refractivity contribution in [3.8, 4) is 5.75 Å². The van der Waals surface area contributed by atoms with Crippen molar-refractivity contribution in [2.24, 2.45) is 0 Å². The number of esters is 1. The lowest BCUT2D eigenvalue weighted by atomic mass is 9.91. The third-order valence-corrected chi connectivity index (χ3v) is 2.89. The fourth-order valence-electron chi connectivity index (χ4n) is 2.05. The van der Waals surface area contributed by atoms with Crippen molar-refractivity contribution in [3.05, 3.63) is 24.0 Å². The van der Waals surface area contributed by atoms with Crippen LogP contribution < -0.4 is 4.74 Å². The molecule has 0 N–H and O–H groups in total. The number of aromatic nitrogens is 1. The molecule has 116 valence electrons. The van der Waals surface area contributed by atoms with E-state index in [4.69, 9.17) is 9.47 Å². The lowest BCUT2D eigenvalue weighted by molar-refractivity contribution is -0.153. The minimum atomic E-state index is -2.62. The topological polar surface area (TPSA) is 48.4 Å². The highest BCUT2D eigenvalue weighted by Crippen LogP contribution is 2.39. The lowest BCUT2D eigenvalue weighted by Crippen LogP contribution is -2.43. The summed E-state index contributed by atoms with van der Waals surface area (Å²) in [6, 6.07) is 1.63. The Morgan fingerprint density at radius 1 is 1.38 bits per heavy atom. The molecule has 1 aliphatic carbocycles. The third kappa shape index (κ3) is 4.95. The molecular weight excluding hydrogens is 280 g/mol. The minimum absolute atomic E-state index is 0.0717. The van der Waals surface area contributed by atoms with Gasteiger partial charge in [0.15, 0.2) is 0 Å². The van der Waals surface area contributed by atoms with Gasteiger partial charge in [0.25, 0.3) is 5.92 Å². The van der Waals surface area contributed by atoms with Crippen LogP contribution in [0.4, 0.5) is 8.78 Å². The highest BCUT2D eigenvalue weighted by molar-refractivity contribution is 5.73. The predicted octanol–water partition coefficient (Wildman–Crippen LogP) is 3.14. The van der Waals surface area contributed by atoms with E-state index in [-0.39, 0.29) is 25.2 Å². The number of rotatable bonds is 4. The number of carbonyl (C=O) groups excluding carboxylic acids is 1. The first-order valence-corrected chi connectivity index (χ1v) is 6.83. The molecule has 0 saturated heterocycles. The predicted molar refractivity (Wildman–Crippen MR) is 72.4 cm³/mol. The number of hydrogen-bond donors (Lipinski definition) is 0. The van der Waals surface area contributed by atoms with Crippen molar-refractivity contribution >= 4 is 5.97 Å². The molecular formula is C15H19F2NO3. The zero-order chi connectivity index (χ0) is 15.7. The molecule has 4 nitrogen and oxygen atoms in total. The third-order valence-electron chi connectivity index (χ3n) is 2.89. The fourth-order valence-corrected chi connectivity index (χ4v) is 2.05. The fraction of sp³-hybridized carbons (Fsp3) is 0.600. The van der Waals surface area contributed by atoms with Gasteiger partial charge < -0.3 is 9.47 Å². The van der Waals surface area contributed by atoms with E-state index < -0.39 is 17.6 Å². The molecule has 1 aromatic rings. The van der Waals surface area contributed by atoms with E-state index in [0.29, 0.717) is 11.3 Å². The van der Waals surface area contributed by atoms with E-state index in [1.165, 1.54) is 12.4 Å². The Kier molecular flexibility index (Phi) is 4.16. The van der Waals surface area contributed by atoms with Crippen LogP contribution in [0.1, 0.15) is 39.2 Å². The van der Waals surface area contributed by atoms with Gasteiger partial charge in [-0.25, -0.2) is 8.78 Å². The summed E-state index contributed by atoms with van der Waals surface area (Å²) in [5, 5.41) is 0. The first-order chi connectivity index (χ1) is 9.63. The Bertz CT molecular complexity index is 518. The number of carbonyl (C=O) groups is 1. The average molecular weight is 299 g/mol. The van der Waals surface area contributed by atoms with Gasteiger partial charge in [-0.3, -0.25) is 9.78 Å². The van der Waals surface area contributed by atoms with E-state index >= 15 is 0 Å². The molecule has 0 aliphatic heterocycles.